The summed E-state index contributed by atoms with van der Waals surface area (Å²) in [6.45, 7) is 3.84. The normalized spacial score (nSPS) is 11.1. The zero-order valence-corrected chi connectivity index (χ0v) is 15.7. The molecule has 0 fully saturated rings. The predicted octanol–water partition coefficient (Wildman–Crippen LogP) is 4.42. The summed E-state index contributed by atoms with van der Waals surface area (Å²) in [5.74, 6) is 0.000190. The van der Waals surface area contributed by atoms with Crippen LogP contribution in [-0.4, -0.2) is 20.7 Å². The molecular weight excluding hydrogens is 363 g/mol. The van der Waals surface area contributed by atoms with Crippen molar-refractivity contribution in [2.45, 2.75) is 20.3 Å². The van der Waals surface area contributed by atoms with Crippen molar-refractivity contribution in [3.05, 3.63) is 71.2 Å². The van der Waals surface area contributed by atoms with Crippen LogP contribution >= 0.6 is 11.3 Å². The number of aromatic nitrogens is 3. The van der Waals surface area contributed by atoms with Gasteiger partial charge in [-0.15, -0.1) is 0 Å². The quantitative estimate of drug-likeness (QED) is 0.570. The van der Waals surface area contributed by atoms with E-state index in [1.54, 1.807) is 16.8 Å². The van der Waals surface area contributed by atoms with Crippen LogP contribution in [0.1, 0.15) is 16.8 Å². The van der Waals surface area contributed by atoms with E-state index < -0.39 is 0 Å². The number of nitrogens with one attached hydrogen (secondary N) is 1. The predicted molar refractivity (Wildman–Crippen MR) is 105 cm³/mol. The Labute approximate surface area is 159 Å². The van der Waals surface area contributed by atoms with Crippen LogP contribution in [0.2, 0.25) is 0 Å². The van der Waals surface area contributed by atoms with Crippen LogP contribution in [-0.2, 0) is 11.2 Å². The molecule has 0 atom stereocenters. The van der Waals surface area contributed by atoms with E-state index in [-0.39, 0.29) is 18.1 Å². The van der Waals surface area contributed by atoms with Crippen molar-refractivity contribution >= 4 is 33.3 Å². The third kappa shape index (κ3) is 3.59. The average Bonchev–Trinajstić information content (AvgIpc) is 3.21. The second-order valence-corrected chi connectivity index (χ2v) is 7.39. The highest BCUT2D eigenvalue weighted by Gasteiger charge is 2.16. The Bertz CT molecular complexity index is 1130. The molecule has 0 spiro atoms. The first kappa shape index (κ1) is 17.4. The van der Waals surface area contributed by atoms with Crippen molar-refractivity contribution in [1.29, 1.82) is 0 Å². The fourth-order valence-corrected chi connectivity index (χ4v) is 3.75. The zero-order chi connectivity index (χ0) is 19.0. The third-order valence-electron chi connectivity index (χ3n) is 4.12. The van der Waals surface area contributed by atoms with Gasteiger partial charge in [0.05, 0.1) is 16.8 Å². The number of hydrogen-bond donors (Lipinski definition) is 1. The molecule has 27 heavy (non-hydrogen) atoms. The molecule has 0 saturated heterocycles. The number of halogens is 1. The van der Waals surface area contributed by atoms with Crippen molar-refractivity contribution in [2.24, 2.45) is 0 Å². The monoisotopic (exact) mass is 380 g/mol. The van der Waals surface area contributed by atoms with Crippen LogP contribution in [0.15, 0.2) is 48.5 Å². The summed E-state index contributed by atoms with van der Waals surface area (Å²) in [7, 11) is 0. The minimum Gasteiger partial charge on any atom is -0.310 e. The molecule has 136 valence electrons. The molecule has 0 aliphatic rings. The maximum absolute atomic E-state index is 13.9. The largest absolute Gasteiger partial charge is 0.310 e. The standard InChI is InChI=1S/C20H17FN4OS/c1-12-6-8-14(9-7-12)11-18(26)22-17-10-13(2)24-25(17)20-23-19-15(21)4-3-5-16(19)27-20/h3-10H,11H2,1-2H3,(H,22,26). The highest BCUT2D eigenvalue weighted by Crippen LogP contribution is 2.28. The number of benzene rings is 2. The van der Waals surface area contributed by atoms with Gasteiger partial charge in [-0.3, -0.25) is 4.79 Å². The Morgan fingerprint density at radius 1 is 1.19 bits per heavy atom. The lowest BCUT2D eigenvalue weighted by Gasteiger charge is -2.07. The van der Waals surface area contributed by atoms with Gasteiger partial charge in [0.1, 0.15) is 17.2 Å². The Balaban J connectivity index is 1.61. The van der Waals surface area contributed by atoms with E-state index in [9.17, 15) is 9.18 Å². The molecule has 0 unspecified atom stereocenters. The highest BCUT2D eigenvalue weighted by molar-refractivity contribution is 7.20. The van der Waals surface area contributed by atoms with E-state index in [2.05, 4.69) is 15.4 Å². The number of para-hydroxylation sites is 1. The molecule has 0 aliphatic heterocycles. The minimum atomic E-state index is -0.371. The van der Waals surface area contributed by atoms with Gasteiger partial charge in [0.2, 0.25) is 11.0 Å². The van der Waals surface area contributed by atoms with Gasteiger partial charge >= 0.3 is 0 Å². The van der Waals surface area contributed by atoms with E-state index in [4.69, 9.17) is 0 Å². The second kappa shape index (κ2) is 6.92. The van der Waals surface area contributed by atoms with E-state index in [1.165, 1.54) is 17.4 Å². The van der Waals surface area contributed by atoms with Crippen molar-refractivity contribution in [2.75, 3.05) is 5.32 Å². The Morgan fingerprint density at radius 3 is 2.70 bits per heavy atom. The van der Waals surface area contributed by atoms with Crippen LogP contribution in [0.3, 0.4) is 0 Å². The number of carbonyl (C=O) groups is 1. The van der Waals surface area contributed by atoms with Gasteiger partial charge in [-0.05, 0) is 31.5 Å². The number of carbonyl (C=O) groups excluding carboxylic acids is 1. The molecule has 0 bridgehead atoms. The molecule has 4 aromatic rings. The minimum absolute atomic E-state index is 0.146. The van der Waals surface area contributed by atoms with Gasteiger partial charge in [0.25, 0.3) is 0 Å². The summed E-state index contributed by atoms with van der Waals surface area (Å²) in [6, 6.07) is 14.4. The van der Waals surface area contributed by atoms with Crippen LogP contribution < -0.4 is 5.32 Å². The van der Waals surface area contributed by atoms with Gasteiger partial charge in [-0.1, -0.05) is 47.2 Å². The van der Waals surface area contributed by atoms with Crippen molar-refractivity contribution < 1.29 is 9.18 Å². The lowest BCUT2D eigenvalue weighted by Crippen LogP contribution is -2.17. The first-order valence-corrected chi connectivity index (χ1v) is 9.29. The Kier molecular flexibility index (Phi) is 4.45. The summed E-state index contributed by atoms with van der Waals surface area (Å²) in [4.78, 5) is 16.8. The lowest BCUT2D eigenvalue weighted by atomic mass is 10.1. The maximum atomic E-state index is 13.9. The first-order valence-electron chi connectivity index (χ1n) is 8.47. The maximum Gasteiger partial charge on any atom is 0.229 e. The summed E-state index contributed by atoms with van der Waals surface area (Å²) >= 11 is 1.32. The van der Waals surface area contributed by atoms with Crippen molar-refractivity contribution in [3.8, 4) is 5.13 Å². The molecule has 0 saturated carbocycles. The van der Waals surface area contributed by atoms with Crippen molar-refractivity contribution in [1.82, 2.24) is 14.8 Å². The number of hydrogen-bond acceptors (Lipinski definition) is 4. The molecule has 1 amide bonds. The van der Waals surface area contributed by atoms with E-state index in [0.29, 0.717) is 16.5 Å². The number of anilines is 1. The number of nitrogens with zero attached hydrogens (tertiary/aromatic N) is 3. The summed E-state index contributed by atoms with van der Waals surface area (Å²) in [6.07, 6.45) is 0.263. The van der Waals surface area contributed by atoms with E-state index in [1.807, 2.05) is 44.2 Å². The number of rotatable bonds is 4. The van der Waals surface area contributed by atoms with E-state index >= 15 is 0 Å². The molecule has 2 aromatic carbocycles. The van der Waals surface area contributed by atoms with Crippen molar-refractivity contribution in [3.63, 3.8) is 0 Å². The number of fused-ring (bicyclic) bond motifs is 1. The molecule has 7 heteroatoms. The van der Waals surface area contributed by atoms with Crippen LogP contribution in [0.4, 0.5) is 10.2 Å². The van der Waals surface area contributed by atoms with Gasteiger partial charge in [0, 0.05) is 6.07 Å². The second-order valence-electron chi connectivity index (χ2n) is 6.38. The topological polar surface area (TPSA) is 59.8 Å². The third-order valence-corrected chi connectivity index (χ3v) is 5.12. The fourth-order valence-electron chi connectivity index (χ4n) is 2.81. The molecule has 5 nitrogen and oxygen atoms in total. The smallest absolute Gasteiger partial charge is 0.229 e. The lowest BCUT2D eigenvalue weighted by molar-refractivity contribution is -0.115. The molecule has 4 rings (SSSR count). The number of aryl methyl sites for hydroxylation is 2. The van der Waals surface area contributed by atoms with Crippen LogP contribution in [0.5, 0.6) is 0 Å². The number of amides is 1. The molecule has 0 aliphatic carbocycles. The van der Waals surface area contributed by atoms with Gasteiger partial charge in [0.15, 0.2) is 0 Å². The summed E-state index contributed by atoms with van der Waals surface area (Å²) in [5, 5.41) is 7.80. The van der Waals surface area contributed by atoms with Crippen LogP contribution in [0, 0.1) is 19.7 Å². The first-order chi connectivity index (χ1) is 13.0. The molecule has 0 radical (unpaired) electrons. The average molecular weight is 380 g/mol. The van der Waals surface area contributed by atoms with Gasteiger partial charge in [-0.25, -0.2) is 9.37 Å². The van der Waals surface area contributed by atoms with Gasteiger partial charge in [-0.2, -0.15) is 9.78 Å². The summed E-state index contributed by atoms with van der Waals surface area (Å²) in [5.41, 5.74) is 3.13. The van der Waals surface area contributed by atoms with Gasteiger partial charge < -0.3 is 5.32 Å². The molecule has 2 aromatic heterocycles. The molecule has 1 N–H and O–H groups in total. The number of thiazole rings is 1. The Morgan fingerprint density at radius 2 is 1.96 bits per heavy atom. The summed E-state index contributed by atoms with van der Waals surface area (Å²) < 4.78 is 16.2. The van der Waals surface area contributed by atoms with E-state index in [0.717, 1.165) is 21.5 Å². The highest BCUT2D eigenvalue weighted by atomic mass is 32.1. The SMILES string of the molecule is Cc1ccc(CC(=O)Nc2cc(C)nn2-c2nc3c(F)cccc3s2)cc1. The zero-order valence-electron chi connectivity index (χ0n) is 14.9. The Hall–Kier alpha value is -3.06. The van der Waals surface area contributed by atoms with Crippen LogP contribution in [0.25, 0.3) is 15.3 Å². The fraction of sp³-hybridized carbons (Fsp3) is 0.150. The molecular formula is C20H17FN4OS. The molecule has 2 heterocycles.